The number of anilines is 1. The SMILES string of the molecule is NCC1CN(c2ncnc3c2CCC3)CCO1. The van der Waals surface area contributed by atoms with Gasteiger partial charge in [-0.05, 0) is 19.3 Å². The van der Waals surface area contributed by atoms with Crippen LogP contribution in [0.3, 0.4) is 0 Å². The van der Waals surface area contributed by atoms with Gasteiger partial charge < -0.3 is 15.4 Å². The Morgan fingerprint density at radius 1 is 1.41 bits per heavy atom. The van der Waals surface area contributed by atoms with Crippen LogP contribution in [0.15, 0.2) is 6.33 Å². The largest absolute Gasteiger partial charge is 0.373 e. The molecule has 0 bridgehead atoms. The average Bonchev–Trinajstić information content (AvgIpc) is 2.87. The van der Waals surface area contributed by atoms with E-state index in [1.165, 1.54) is 17.7 Å². The molecular formula is C12H18N4O. The summed E-state index contributed by atoms with van der Waals surface area (Å²) >= 11 is 0. The lowest BCUT2D eigenvalue weighted by atomic mass is 10.2. The lowest BCUT2D eigenvalue weighted by Gasteiger charge is -2.34. The van der Waals surface area contributed by atoms with Gasteiger partial charge in [-0.15, -0.1) is 0 Å². The molecule has 92 valence electrons. The third-order valence-electron chi connectivity index (χ3n) is 3.55. The van der Waals surface area contributed by atoms with E-state index in [4.69, 9.17) is 10.5 Å². The van der Waals surface area contributed by atoms with Crippen molar-refractivity contribution in [1.82, 2.24) is 9.97 Å². The first-order valence-corrected chi connectivity index (χ1v) is 6.28. The summed E-state index contributed by atoms with van der Waals surface area (Å²) in [6.07, 6.45) is 5.22. The second kappa shape index (κ2) is 4.58. The van der Waals surface area contributed by atoms with E-state index in [1.807, 2.05) is 0 Å². The molecule has 1 aromatic heterocycles. The maximum Gasteiger partial charge on any atom is 0.135 e. The molecular weight excluding hydrogens is 216 g/mol. The summed E-state index contributed by atoms with van der Waals surface area (Å²) in [5.74, 6) is 1.11. The molecule has 2 aliphatic rings. The van der Waals surface area contributed by atoms with E-state index in [1.54, 1.807) is 6.33 Å². The number of aryl methyl sites for hydroxylation is 1. The Morgan fingerprint density at radius 2 is 2.35 bits per heavy atom. The Bertz CT molecular complexity index is 409. The zero-order valence-corrected chi connectivity index (χ0v) is 9.93. The van der Waals surface area contributed by atoms with Crippen LogP contribution >= 0.6 is 0 Å². The van der Waals surface area contributed by atoms with E-state index >= 15 is 0 Å². The van der Waals surface area contributed by atoms with Crippen molar-refractivity contribution in [2.24, 2.45) is 5.73 Å². The number of fused-ring (bicyclic) bond motifs is 1. The van der Waals surface area contributed by atoms with Crippen LogP contribution in [-0.2, 0) is 17.6 Å². The van der Waals surface area contributed by atoms with Crippen LogP contribution in [0.5, 0.6) is 0 Å². The highest BCUT2D eigenvalue weighted by molar-refractivity contribution is 5.50. The highest BCUT2D eigenvalue weighted by atomic mass is 16.5. The average molecular weight is 234 g/mol. The van der Waals surface area contributed by atoms with Gasteiger partial charge >= 0.3 is 0 Å². The summed E-state index contributed by atoms with van der Waals surface area (Å²) in [4.78, 5) is 11.1. The van der Waals surface area contributed by atoms with Gasteiger partial charge in [0.25, 0.3) is 0 Å². The molecule has 1 unspecified atom stereocenters. The molecule has 1 aromatic rings. The van der Waals surface area contributed by atoms with Crippen LogP contribution in [0.25, 0.3) is 0 Å². The number of nitrogens with zero attached hydrogens (tertiary/aromatic N) is 3. The van der Waals surface area contributed by atoms with Crippen molar-refractivity contribution >= 4 is 5.82 Å². The molecule has 1 atom stereocenters. The minimum absolute atomic E-state index is 0.135. The molecule has 0 spiro atoms. The van der Waals surface area contributed by atoms with Gasteiger partial charge in [-0.3, -0.25) is 0 Å². The van der Waals surface area contributed by atoms with E-state index in [0.29, 0.717) is 6.54 Å². The third-order valence-corrected chi connectivity index (χ3v) is 3.55. The lowest BCUT2D eigenvalue weighted by molar-refractivity contribution is 0.0462. The van der Waals surface area contributed by atoms with E-state index < -0.39 is 0 Å². The first kappa shape index (κ1) is 10.9. The fourth-order valence-electron chi connectivity index (χ4n) is 2.67. The topological polar surface area (TPSA) is 64.3 Å². The summed E-state index contributed by atoms with van der Waals surface area (Å²) in [5, 5.41) is 0. The van der Waals surface area contributed by atoms with Crippen molar-refractivity contribution in [2.75, 3.05) is 31.1 Å². The standard InChI is InChI=1S/C12H18N4O/c13-6-9-7-16(4-5-17-9)12-10-2-1-3-11(10)14-8-15-12/h8-9H,1-7,13H2. The Hall–Kier alpha value is -1.20. The highest BCUT2D eigenvalue weighted by Gasteiger charge is 2.25. The summed E-state index contributed by atoms with van der Waals surface area (Å²) in [6, 6.07) is 0. The number of morpholine rings is 1. The zero-order chi connectivity index (χ0) is 11.7. The van der Waals surface area contributed by atoms with Crippen LogP contribution in [-0.4, -0.2) is 42.3 Å². The molecule has 5 nitrogen and oxygen atoms in total. The highest BCUT2D eigenvalue weighted by Crippen LogP contribution is 2.28. The molecule has 1 aliphatic heterocycles. The summed E-state index contributed by atoms with van der Waals surface area (Å²) < 4.78 is 5.59. The van der Waals surface area contributed by atoms with Gasteiger partial charge in [0.1, 0.15) is 12.1 Å². The molecule has 0 saturated carbocycles. The van der Waals surface area contributed by atoms with Crippen molar-refractivity contribution in [1.29, 1.82) is 0 Å². The molecule has 0 aromatic carbocycles. The van der Waals surface area contributed by atoms with Crippen LogP contribution in [0.4, 0.5) is 5.82 Å². The van der Waals surface area contributed by atoms with E-state index in [9.17, 15) is 0 Å². The molecule has 1 aliphatic carbocycles. The number of ether oxygens (including phenoxy) is 1. The van der Waals surface area contributed by atoms with Crippen molar-refractivity contribution in [3.8, 4) is 0 Å². The molecule has 0 radical (unpaired) electrons. The molecule has 0 amide bonds. The third kappa shape index (κ3) is 2.00. The van der Waals surface area contributed by atoms with Gasteiger partial charge in [-0.2, -0.15) is 0 Å². The van der Waals surface area contributed by atoms with Crippen LogP contribution in [0.1, 0.15) is 17.7 Å². The van der Waals surface area contributed by atoms with Crippen LogP contribution in [0, 0.1) is 0 Å². The molecule has 1 saturated heterocycles. The predicted molar refractivity (Wildman–Crippen MR) is 65.1 cm³/mol. The van der Waals surface area contributed by atoms with Crippen molar-refractivity contribution < 1.29 is 4.74 Å². The number of hydrogen-bond acceptors (Lipinski definition) is 5. The minimum atomic E-state index is 0.135. The molecule has 5 heteroatoms. The van der Waals surface area contributed by atoms with Crippen molar-refractivity contribution in [3.63, 3.8) is 0 Å². The molecule has 2 heterocycles. The summed E-state index contributed by atoms with van der Waals surface area (Å²) in [6.45, 7) is 3.06. The van der Waals surface area contributed by atoms with Gasteiger partial charge in [0.15, 0.2) is 0 Å². The zero-order valence-electron chi connectivity index (χ0n) is 9.93. The normalized spacial score (nSPS) is 23.8. The molecule has 1 fully saturated rings. The Balaban J connectivity index is 1.86. The van der Waals surface area contributed by atoms with Gasteiger partial charge in [0, 0.05) is 30.9 Å². The van der Waals surface area contributed by atoms with Gasteiger partial charge in [0.2, 0.25) is 0 Å². The monoisotopic (exact) mass is 234 g/mol. The van der Waals surface area contributed by atoms with Crippen LogP contribution in [0.2, 0.25) is 0 Å². The quantitative estimate of drug-likeness (QED) is 0.788. The van der Waals surface area contributed by atoms with Gasteiger partial charge in [-0.25, -0.2) is 9.97 Å². The number of nitrogens with two attached hydrogens (primary N) is 1. The minimum Gasteiger partial charge on any atom is -0.373 e. The number of aromatic nitrogens is 2. The maximum absolute atomic E-state index is 5.67. The number of hydrogen-bond donors (Lipinski definition) is 1. The van der Waals surface area contributed by atoms with E-state index in [2.05, 4.69) is 14.9 Å². The fourth-order valence-corrected chi connectivity index (χ4v) is 2.67. The summed E-state index contributed by atoms with van der Waals surface area (Å²) in [7, 11) is 0. The first-order valence-electron chi connectivity index (χ1n) is 6.28. The van der Waals surface area contributed by atoms with Gasteiger partial charge in [-0.1, -0.05) is 0 Å². The van der Waals surface area contributed by atoms with Crippen LogP contribution < -0.4 is 10.6 Å². The second-order valence-electron chi connectivity index (χ2n) is 4.65. The second-order valence-corrected chi connectivity index (χ2v) is 4.65. The molecule has 17 heavy (non-hydrogen) atoms. The Kier molecular flexibility index (Phi) is 2.94. The first-order chi connectivity index (χ1) is 8.38. The van der Waals surface area contributed by atoms with E-state index in [0.717, 1.165) is 38.4 Å². The Morgan fingerprint density at radius 3 is 3.24 bits per heavy atom. The van der Waals surface area contributed by atoms with Gasteiger partial charge in [0.05, 0.1) is 12.7 Å². The molecule has 2 N–H and O–H groups in total. The predicted octanol–water partition coefficient (Wildman–Crippen LogP) is 0.129. The smallest absolute Gasteiger partial charge is 0.135 e. The van der Waals surface area contributed by atoms with Crippen molar-refractivity contribution in [2.45, 2.75) is 25.4 Å². The maximum atomic E-state index is 5.67. The summed E-state index contributed by atoms with van der Waals surface area (Å²) in [5.41, 5.74) is 8.24. The fraction of sp³-hybridized carbons (Fsp3) is 0.667. The van der Waals surface area contributed by atoms with Crippen molar-refractivity contribution in [3.05, 3.63) is 17.6 Å². The Labute approximate surface area is 101 Å². The lowest BCUT2D eigenvalue weighted by Crippen LogP contribution is -2.46. The molecule has 3 rings (SSSR count). The number of rotatable bonds is 2. The van der Waals surface area contributed by atoms with E-state index in [-0.39, 0.29) is 6.10 Å².